The van der Waals surface area contributed by atoms with Crippen molar-refractivity contribution >= 4 is 17.6 Å². The van der Waals surface area contributed by atoms with Crippen LogP contribution in [-0.4, -0.2) is 19.6 Å². The third-order valence-corrected chi connectivity index (χ3v) is 2.63. The first-order chi connectivity index (χ1) is 9.74. The first-order valence-electron chi connectivity index (χ1n) is 5.87. The molecular weight excluding hydrogens is 310 g/mol. The summed E-state index contributed by atoms with van der Waals surface area (Å²) in [6, 6.07) is 2.52. The summed E-state index contributed by atoms with van der Waals surface area (Å²) in [6.45, 7) is 3.52. The lowest BCUT2D eigenvalue weighted by Gasteiger charge is -2.15. The molecule has 0 fully saturated rings. The lowest BCUT2D eigenvalue weighted by molar-refractivity contribution is -0.138. The number of alkyl halides is 3. The molecule has 0 unspecified atom stereocenters. The lowest BCUT2D eigenvalue weighted by Crippen LogP contribution is -2.37. The van der Waals surface area contributed by atoms with Gasteiger partial charge >= 0.3 is 6.18 Å². The topological polar surface area (TPSA) is 36.4 Å². The third-order valence-electron chi connectivity index (χ3n) is 2.49. The number of hydrogen-bond acceptors (Lipinski definition) is 1. The minimum absolute atomic E-state index is 0.0865. The molecule has 2 N–H and O–H groups in total. The van der Waals surface area contributed by atoms with E-state index in [1.807, 2.05) is 0 Å². The van der Waals surface area contributed by atoms with Gasteiger partial charge in [0.1, 0.15) is 5.82 Å². The Kier molecular flexibility index (Phi) is 6.02. The second-order valence-corrected chi connectivity index (χ2v) is 4.63. The molecule has 1 aromatic carbocycles. The summed E-state index contributed by atoms with van der Waals surface area (Å²) in [6.07, 6.45) is -4.62. The number of aliphatic imine (C=N–C) groups is 1. The first-order valence-corrected chi connectivity index (χ1v) is 6.25. The summed E-state index contributed by atoms with van der Waals surface area (Å²) in [5.41, 5.74) is -1.11. The molecule has 0 aliphatic carbocycles. The maximum absolute atomic E-state index is 13.0. The van der Waals surface area contributed by atoms with Crippen LogP contribution in [-0.2, 0) is 12.7 Å². The van der Waals surface area contributed by atoms with Gasteiger partial charge in [0.25, 0.3) is 0 Å². The van der Waals surface area contributed by atoms with Gasteiger partial charge < -0.3 is 10.6 Å². The van der Waals surface area contributed by atoms with E-state index in [0.717, 1.165) is 12.1 Å². The van der Waals surface area contributed by atoms with Crippen molar-refractivity contribution < 1.29 is 17.6 Å². The van der Waals surface area contributed by atoms with Crippen LogP contribution >= 0.6 is 11.6 Å². The number of nitrogens with zero attached hydrogens (tertiary/aromatic N) is 1. The van der Waals surface area contributed by atoms with Gasteiger partial charge in [-0.2, -0.15) is 13.2 Å². The summed E-state index contributed by atoms with van der Waals surface area (Å²) < 4.78 is 51.4. The third kappa shape index (κ3) is 5.63. The molecule has 3 nitrogen and oxygen atoms in total. The summed E-state index contributed by atoms with van der Waals surface area (Å²) in [4.78, 5) is 3.82. The zero-order valence-electron chi connectivity index (χ0n) is 11.2. The number of benzene rings is 1. The van der Waals surface area contributed by atoms with Crippen molar-refractivity contribution in [3.8, 4) is 0 Å². The largest absolute Gasteiger partial charge is 0.416 e. The highest BCUT2D eigenvalue weighted by atomic mass is 35.5. The molecule has 0 amide bonds. The minimum atomic E-state index is -4.62. The van der Waals surface area contributed by atoms with E-state index < -0.39 is 17.6 Å². The molecule has 0 bridgehead atoms. The molecule has 0 atom stereocenters. The van der Waals surface area contributed by atoms with Gasteiger partial charge in [0, 0.05) is 18.6 Å². The fourth-order valence-electron chi connectivity index (χ4n) is 1.55. The standard InChI is InChI=1S/C13H14ClF4N3/c1-8(14)6-20-12(19-2)21-7-9-3-4-10(15)5-11(9)13(16,17)18/h3-5H,1,6-7H2,2H3,(H2,19,20,21). The molecule has 21 heavy (non-hydrogen) atoms. The maximum Gasteiger partial charge on any atom is 0.416 e. The molecule has 0 saturated heterocycles. The van der Waals surface area contributed by atoms with Crippen LogP contribution < -0.4 is 10.6 Å². The molecule has 0 heterocycles. The van der Waals surface area contributed by atoms with Crippen LogP contribution in [0.4, 0.5) is 17.6 Å². The smallest absolute Gasteiger partial charge is 0.352 e. The molecular formula is C13H14ClF4N3. The van der Waals surface area contributed by atoms with E-state index in [2.05, 4.69) is 22.2 Å². The van der Waals surface area contributed by atoms with Crippen molar-refractivity contribution in [2.75, 3.05) is 13.6 Å². The van der Waals surface area contributed by atoms with E-state index in [9.17, 15) is 17.6 Å². The number of rotatable bonds is 4. The van der Waals surface area contributed by atoms with E-state index >= 15 is 0 Å². The Morgan fingerprint density at radius 2 is 2.00 bits per heavy atom. The Labute approximate surface area is 124 Å². The van der Waals surface area contributed by atoms with Crippen molar-refractivity contribution in [2.45, 2.75) is 12.7 Å². The van der Waals surface area contributed by atoms with Crippen molar-refractivity contribution in [3.05, 3.63) is 46.8 Å². The van der Waals surface area contributed by atoms with Gasteiger partial charge in [-0.05, 0) is 17.7 Å². The predicted molar refractivity (Wildman–Crippen MR) is 74.6 cm³/mol. The van der Waals surface area contributed by atoms with E-state index in [-0.39, 0.29) is 24.6 Å². The predicted octanol–water partition coefficient (Wildman–Crippen LogP) is 3.26. The van der Waals surface area contributed by atoms with Crippen molar-refractivity contribution in [2.24, 2.45) is 4.99 Å². The first kappa shape index (κ1) is 17.3. The van der Waals surface area contributed by atoms with Crippen molar-refractivity contribution in [3.63, 3.8) is 0 Å². The van der Waals surface area contributed by atoms with Gasteiger partial charge in [0.15, 0.2) is 5.96 Å². The molecule has 1 rings (SSSR count). The molecule has 0 radical (unpaired) electrons. The van der Waals surface area contributed by atoms with Gasteiger partial charge in [0.05, 0.1) is 12.1 Å². The van der Waals surface area contributed by atoms with E-state index in [1.54, 1.807) is 0 Å². The summed E-state index contributed by atoms with van der Waals surface area (Å²) in [5.74, 6) is -0.679. The molecule has 116 valence electrons. The Morgan fingerprint density at radius 1 is 1.33 bits per heavy atom. The lowest BCUT2D eigenvalue weighted by atomic mass is 10.1. The van der Waals surface area contributed by atoms with Crippen LogP contribution in [0.3, 0.4) is 0 Å². The quantitative estimate of drug-likeness (QED) is 0.507. The molecule has 8 heteroatoms. The molecule has 0 saturated carbocycles. The van der Waals surface area contributed by atoms with Crippen molar-refractivity contribution in [1.29, 1.82) is 0 Å². The highest BCUT2D eigenvalue weighted by Gasteiger charge is 2.33. The average molecular weight is 324 g/mol. The number of halogens is 5. The van der Waals surface area contributed by atoms with Crippen LogP contribution in [0.15, 0.2) is 34.8 Å². The number of nitrogens with one attached hydrogen (secondary N) is 2. The SMILES string of the molecule is C=C(Cl)CNC(=NC)NCc1ccc(F)cc1C(F)(F)F. The van der Waals surface area contributed by atoms with E-state index in [1.165, 1.54) is 7.05 Å². The van der Waals surface area contributed by atoms with Gasteiger partial charge in [-0.1, -0.05) is 24.2 Å². The highest BCUT2D eigenvalue weighted by molar-refractivity contribution is 6.29. The molecule has 0 spiro atoms. The monoisotopic (exact) mass is 323 g/mol. The Bertz CT molecular complexity index is 541. The fraction of sp³-hybridized carbons (Fsp3) is 0.308. The van der Waals surface area contributed by atoms with E-state index in [4.69, 9.17) is 11.6 Å². The molecule has 0 aromatic heterocycles. The molecule has 0 aliphatic rings. The van der Waals surface area contributed by atoms with Crippen molar-refractivity contribution in [1.82, 2.24) is 10.6 Å². The van der Waals surface area contributed by atoms with E-state index in [0.29, 0.717) is 11.1 Å². The van der Waals surface area contributed by atoms with Gasteiger partial charge in [0.2, 0.25) is 0 Å². The van der Waals surface area contributed by atoms with Crippen LogP contribution in [0.25, 0.3) is 0 Å². The van der Waals surface area contributed by atoms with Gasteiger partial charge in [-0.15, -0.1) is 0 Å². The minimum Gasteiger partial charge on any atom is -0.352 e. The number of hydrogen-bond donors (Lipinski definition) is 2. The summed E-state index contributed by atoms with van der Waals surface area (Å²) in [5, 5.41) is 5.78. The van der Waals surface area contributed by atoms with Crippen LogP contribution in [0.1, 0.15) is 11.1 Å². The number of guanidine groups is 1. The summed E-state index contributed by atoms with van der Waals surface area (Å²) >= 11 is 5.57. The highest BCUT2D eigenvalue weighted by Crippen LogP contribution is 2.32. The van der Waals surface area contributed by atoms with Gasteiger partial charge in [-0.3, -0.25) is 4.99 Å². The Hall–Kier alpha value is -1.76. The summed E-state index contributed by atoms with van der Waals surface area (Å²) in [7, 11) is 1.46. The van der Waals surface area contributed by atoms with Crippen LogP contribution in [0.5, 0.6) is 0 Å². The van der Waals surface area contributed by atoms with Crippen LogP contribution in [0.2, 0.25) is 0 Å². The normalized spacial score (nSPS) is 12.2. The second kappa shape index (κ2) is 7.31. The molecule has 1 aromatic rings. The van der Waals surface area contributed by atoms with Crippen LogP contribution in [0, 0.1) is 5.82 Å². The van der Waals surface area contributed by atoms with Gasteiger partial charge in [-0.25, -0.2) is 4.39 Å². The Balaban J connectivity index is 2.81. The zero-order chi connectivity index (χ0) is 16.0. The second-order valence-electron chi connectivity index (χ2n) is 4.10. The molecule has 0 aliphatic heterocycles. The fourth-order valence-corrected chi connectivity index (χ4v) is 1.61. The maximum atomic E-state index is 13.0. The Morgan fingerprint density at radius 3 is 2.52 bits per heavy atom. The zero-order valence-corrected chi connectivity index (χ0v) is 11.9. The average Bonchev–Trinajstić information content (AvgIpc) is 2.38.